The van der Waals surface area contributed by atoms with Crippen molar-refractivity contribution in [1.29, 1.82) is 0 Å². The summed E-state index contributed by atoms with van der Waals surface area (Å²) in [7, 11) is 1.19. The molecule has 12 atom stereocenters. The van der Waals surface area contributed by atoms with Crippen LogP contribution >= 0.6 is 0 Å². The lowest BCUT2D eigenvalue weighted by atomic mass is 9.50. The number of aliphatic hydroxyl groups excluding tert-OH is 1. The number of aliphatic hydroxyl groups is 1. The highest BCUT2D eigenvalue weighted by Gasteiger charge is 2.79. The Labute approximate surface area is 278 Å². The lowest BCUT2D eigenvalue weighted by Crippen LogP contribution is -2.62. The first-order valence-electron chi connectivity index (χ1n) is 16.2. The highest BCUT2D eigenvalue weighted by Crippen LogP contribution is 2.72. The molecular weight excluding hydrogens is 628 g/mol. The first-order chi connectivity index (χ1) is 22.5. The number of hydrogen-bond donors (Lipinski definition) is 2. The number of epoxide rings is 1. The van der Waals surface area contributed by atoms with Gasteiger partial charge in [0.25, 0.3) is 0 Å². The topological polar surface area (TPSA) is 188 Å². The number of carboxylic acids is 1. The second-order valence-corrected chi connectivity index (χ2v) is 14.0. The number of carbonyl (C=O) groups excluding carboxylic acids is 4. The fraction of sp³-hybridized carbons (Fsp3) is 0.629. The molecule has 1 saturated heterocycles. The first-order valence-corrected chi connectivity index (χ1v) is 16.2. The maximum Gasteiger partial charge on any atom is 0.335 e. The molecule has 5 rings (SSSR count). The van der Waals surface area contributed by atoms with Crippen LogP contribution in [0.2, 0.25) is 0 Å². The Morgan fingerprint density at radius 3 is 2.50 bits per heavy atom. The van der Waals surface area contributed by atoms with Crippen molar-refractivity contribution in [2.75, 3.05) is 13.7 Å². The molecule has 1 aromatic rings. The Balaban J connectivity index is 1.71. The van der Waals surface area contributed by atoms with Gasteiger partial charge in [-0.1, -0.05) is 39.8 Å². The Hall–Kier alpha value is -3.97. The van der Waals surface area contributed by atoms with E-state index < -0.39 is 101 Å². The minimum Gasteiger partial charge on any atom is -0.481 e. The highest BCUT2D eigenvalue weighted by molar-refractivity contribution is 5.84. The number of hydrogen-bond acceptors (Lipinski definition) is 12. The number of methoxy groups -OCH3 is 1. The number of ether oxygens (including phenoxy) is 5. The summed E-state index contributed by atoms with van der Waals surface area (Å²) in [5, 5.41) is 22.0. The van der Waals surface area contributed by atoms with Gasteiger partial charge in [0.05, 0.1) is 32.2 Å². The fourth-order valence-corrected chi connectivity index (χ4v) is 8.65. The normalized spacial score (nSPS) is 38.0. The van der Waals surface area contributed by atoms with Gasteiger partial charge >= 0.3 is 29.8 Å². The van der Waals surface area contributed by atoms with Crippen LogP contribution in [0.15, 0.2) is 47.3 Å². The average molecular weight is 673 g/mol. The first kappa shape index (κ1) is 35.3. The smallest absolute Gasteiger partial charge is 0.335 e. The number of esters is 4. The van der Waals surface area contributed by atoms with E-state index in [2.05, 4.69) is 6.58 Å². The Morgan fingerprint density at radius 1 is 1.21 bits per heavy atom. The molecule has 2 saturated carbocycles. The number of rotatable bonds is 11. The minimum atomic E-state index is -1.65. The van der Waals surface area contributed by atoms with E-state index in [1.165, 1.54) is 33.3 Å². The third-order valence-electron chi connectivity index (χ3n) is 11.3. The second-order valence-electron chi connectivity index (χ2n) is 14.0. The van der Waals surface area contributed by atoms with E-state index in [-0.39, 0.29) is 12.3 Å². The summed E-state index contributed by atoms with van der Waals surface area (Å²) in [6.07, 6.45) is 2.99. The summed E-state index contributed by atoms with van der Waals surface area (Å²) >= 11 is 0. The SMILES string of the molecule is C=C1C(C2(C)C=CC(=O)OC(C)(COC(C)=O)C2CC(=O)OC)C(C(=O)O)C(OC(=O)C(O)C(C)CC)C2C(c3ccoc3)CC3OC132. The quantitative estimate of drug-likeness (QED) is 0.151. The second kappa shape index (κ2) is 12.8. The summed E-state index contributed by atoms with van der Waals surface area (Å²) in [6, 6.07) is 1.77. The van der Waals surface area contributed by atoms with E-state index in [1.54, 1.807) is 26.2 Å². The van der Waals surface area contributed by atoms with Crippen LogP contribution in [0.4, 0.5) is 0 Å². The summed E-state index contributed by atoms with van der Waals surface area (Å²) < 4.78 is 34.1. The third kappa shape index (κ3) is 5.74. The molecule has 0 amide bonds. The van der Waals surface area contributed by atoms with E-state index >= 15 is 0 Å². The van der Waals surface area contributed by atoms with Crippen molar-refractivity contribution in [3.05, 3.63) is 48.5 Å². The lowest BCUT2D eigenvalue weighted by Gasteiger charge is -2.55. The van der Waals surface area contributed by atoms with Crippen molar-refractivity contribution >= 4 is 29.8 Å². The summed E-state index contributed by atoms with van der Waals surface area (Å²) in [4.78, 5) is 65.3. The van der Waals surface area contributed by atoms with Gasteiger partial charge in [-0.05, 0) is 42.4 Å². The number of aliphatic carboxylic acids is 1. The standard InChI is InChI=1S/C35H44O13/c1-8-17(2)29(39)32(42)46-30-26(31(40)41)27(18(3)35-23(47-35)13-21(28(30)35)20-10-12-44-15-20)33(5)11-9-24(37)48-34(6,16-45-19(4)36)22(33)14-25(38)43-7/h9-12,15,17,21-23,26-30,39H,3,8,13-14,16H2,1-2,4-7H3,(H,40,41). The monoisotopic (exact) mass is 672 g/mol. The Morgan fingerprint density at radius 2 is 1.92 bits per heavy atom. The van der Waals surface area contributed by atoms with Gasteiger partial charge in [0.1, 0.15) is 29.8 Å². The molecule has 3 heterocycles. The molecule has 48 heavy (non-hydrogen) atoms. The molecule has 0 radical (unpaired) electrons. The third-order valence-corrected chi connectivity index (χ3v) is 11.3. The van der Waals surface area contributed by atoms with Crippen molar-refractivity contribution in [2.45, 2.75) is 89.3 Å². The van der Waals surface area contributed by atoms with Gasteiger partial charge in [-0.3, -0.25) is 14.4 Å². The van der Waals surface area contributed by atoms with Crippen molar-refractivity contribution < 1.29 is 62.3 Å². The number of furan rings is 1. The van der Waals surface area contributed by atoms with Crippen LogP contribution < -0.4 is 0 Å². The molecule has 12 unspecified atom stereocenters. The van der Waals surface area contributed by atoms with Gasteiger partial charge in [0.2, 0.25) is 0 Å². The minimum absolute atomic E-state index is 0.344. The molecule has 4 aliphatic rings. The average Bonchev–Trinajstić information content (AvgIpc) is 3.36. The molecule has 1 aromatic heterocycles. The largest absolute Gasteiger partial charge is 0.481 e. The highest BCUT2D eigenvalue weighted by atomic mass is 16.6. The molecule has 13 heteroatoms. The van der Waals surface area contributed by atoms with E-state index in [4.69, 9.17) is 28.1 Å². The van der Waals surface area contributed by atoms with Gasteiger partial charge in [0, 0.05) is 36.2 Å². The van der Waals surface area contributed by atoms with Crippen LogP contribution in [-0.4, -0.2) is 83.3 Å². The Bertz CT molecular complexity index is 1500. The molecule has 0 aromatic carbocycles. The predicted octanol–water partition coefficient (Wildman–Crippen LogP) is 3.35. The molecule has 0 bridgehead atoms. The maximum atomic E-state index is 13.6. The number of carbonyl (C=O) groups is 5. The van der Waals surface area contributed by atoms with Crippen LogP contribution in [0.25, 0.3) is 0 Å². The van der Waals surface area contributed by atoms with E-state index in [0.717, 1.165) is 11.6 Å². The molecule has 2 aliphatic heterocycles. The lowest BCUT2D eigenvalue weighted by molar-refractivity contribution is -0.193. The zero-order valence-electron chi connectivity index (χ0n) is 28.0. The Kier molecular flexibility index (Phi) is 9.43. The van der Waals surface area contributed by atoms with Gasteiger partial charge in [0.15, 0.2) is 6.10 Å². The van der Waals surface area contributed by atoms with Crippen LogP contribution in [0.1, 0.15) is 65.4 Å². The van der Waals surface area contributed by atoms with Crippen molar-refractivity contribution in [3.8, 4) is 0 Å². The molecule has 262 valence electrons. The van der Waals surface area contributed by atoms with Gasteiger partial charge in [-0.2, -0.15) is 0 Å². The van der Waals surface area contributed by atoms with E-state index in [1.807, 2.05) is 6.92 Å². The molecule has 2 N–H and O–H groups in total. The van der Waals surface area contributed by atoms with Crippen LogP contribution in [0.3, 0.4) is 0 Å². The van der Waals surface area contributed by atoms with Crippen molar-refractivity contribution in [2.24, 2.45) is 35.0 Å². The van der Waals surface area contributed by atoms with Gasteiger partial charge < -0.3 is 38.3 Å². The molecule has 13 nitrogen and oxygen atoms in total. The zero-order valence-corrected chi connectivity index (χ0v) is 28.0. The van der Waals surface area contributed by atoms with Crippen molar-refractivity contribution in [1.82, 2.24) is 0 Å². The van der Waals surface area contributed by atoms with Crippen molar-refractivity contribution in [3.63, 3.8) is 0 Å². The van der Waals surface area contributed by atoms with Crippen LogP contribution in [-0.2, 0) is 47.7 Å². The van der Waals surface area contributed by atoms with E-state index in [0.29, 0.717) is 18.4 Å². The maximum absolute atomic E-state index is 13.6. The fourth-order valence-electron chi connectivity index (χ4n) is 8.65. The summed E-state index contributed by atoms with van der Waals surface area (Å²) in [6.45, 7) is 11.9. The summed E-state index contributed by atoms with van der Waals surface area (Å²) in [5.74, 6) is -9.65. The molecular formula is C35H44O13. The van der Waals surface area contributed by atoms with Gasteiger partial charge in [-0.25, -0.2) is 9.59 Å². The summed E-state index contributed by atoms with van der Waals surface area (Å²) in [5.41, 5.74) is -3.06. The number of carboxylic acid groups (broad SMARTS) is 1. The predicted molar refractivity (Wildman–Crippen MR) is 165 cm³/mol. The van der Waals surface area contributed by atoms with E-state index in [9.17, 15) is 34.2 Å². The zero-order chi connectivity index (χ0) is 35.3. The van der Waals surface area contributed by atoms with Gasteiger partial charge in [-0.15, -0.1) is 0 Å². The van der Waals surface area contributed by atoms with Crippen LogP contribution in [0.5, 0.6) is 0 Å². The number of cyclic esters (lactones) is 1. The molecule has 3 fully saturated rings. The van der Waals surface area contributed by atoms with Crippen LogP contribution in [0, 0.1) is 35.0 Å². The molecule has 1 spiro atoms. The molecule has 2 aliphatic carbocycles. The number of allylic oxidation sites excluding steroid dienone is 1.